The minimum Gasteiger partial charge on any atom is -0.380 e. The fourth-order valence-corrected chi connectivity index (χ4v) is 1.17. The van der Waals surface area contributed by atoms with Crippen molar-refractivity contribution in [2.24, 2.45) is 5.16 Å². The molecule has 0 bridgehead atoms. The molecule has 0 radical (unpaired) electrons. The lowest BCUT2D eigenvalue weighted by molar-refractivity contribution is 0.00960. The largest absolute Gasteiger partial charge is 0.380 e. The van der Waals surface area contributed by atoms with Crippen molar-refractivity contribution >= 4 is 6.21 Å². The molecule has 12 heavy (non-hydrogen) atoms. The Morgan fingerprint density at radius 2 is 2.00 bits per heavy atom. The van der Waals surface area contributed by atoms with Crippen molar-refractivity contribution in [2.75, 3.05) is 40.0 Å². The van der Waals surface area contributed by atoms with E-state index in [2.05, 4.69) is 22.0 Å². The third-order valence-electron chi connectivity index (χ3n) is 2.02. The van der Waals surface area contributed by atoms with E-state index < -0.39 is 0 Å². The third kappa shape index (κ3) is 3.19. The minimum absolute atomic E-state index is 0.623. The Bertz CT molecular complexity index is 141. The monoisotopic (exact) mass is 171 g/mol. The Hall–Kier alpha value is -0.610. The second-order valence-electron chi connectivity index (χ2n) is 3.04. The van der Waals surface area contributed by atoms with Crippen LogP contribution in [0, 0.1) is 0 Å². The van der Waals surface area contributed by atoms with Gasteiger partial charge in [-0.15, -0.1) is 0 Å². The first kappa shape index (κ1) is 9.48. The second-order valence-corrected chi connectivity index (χ2v) is 3.04. The molecule has 70 valence electrons. The van der Waals surface area contributed by atoms with Crippen LogP contribution in [-0.2, 0) is 4.84 Å². The normalized spacial score (nSPS) is 21.8. The molecule has 4 heteroatoms. The van der Waals surface area contributed by atoms with E-state index in [0.717, 1.165) is 26.2 Å². The molecule has 0 aromatic carbocycles. The van der Waals surface area contributed by atoms with Crippen LogP contribution in [0.15, 0.2) is 5.16 Å². The molecule has 0 unspecified atom stereocenters. The van der Waals surface area contributed by atoms with Gasteiger partial charge in [0.2, 0.25) is 0 Å². The van der Waals surface area contributed by atoms with E-state index in [1.807, 2.05) is 6.92 Å². The lowest BCUT2D eigenvalue weighted by atomic mass is 10.3. The molecule has 0 aliphatic carbocycles. The zero-order valence-electron chi connectivity index (χ0n) is 7.86. The van der Waals surface area contributed by atoms with Gasteiger partial charge in [-0.1, -0.05) is 5.16 Å². The van der Waals surface area contributed by atoms with E-state index in [-0.39, 0.29) is 0 Å². The summed E-state index contributed by atoms with van der Waals surface area (Å²) in [5.74, 6) is 0. The fourth-order valence-electron chi connectivity index (χ4n) is 1.17. The Balaban J connectivity index is 2.09. The quantitative estimate of drug-likeness (QED) is 0.449. The molecule has 0 saturated carbocycles. The number of piperazine rings is 1. The Morgan fingerprint density at radius 3 is 2.58 bits per heavy atom. The van der Waals surface area contributed by atoms with Crippen molar-refractivity contribution < 1.29 is 4.84 Å². The van der Waals surface area contributed by atoms with Crippen molar-refractivity contribution in [3.05, 3.63) is 0 Å². The maximum absolute atomic E-state index is 5.03. The topological polar surface area (TPSA) is 28.1 Å². The lowest BCUT2D eigenvalue weighted by Gasteiger charge is -2.30. The first-order chi connectivity index (χ1) is 5.83. The van der Waals surface area contributed by atoms with Gasteiger partial charge in [-0.05, 0) is 14.0 Å². The van der Waals surface area contributed by atoms with Gasteiger partial charge in [0.25, 0.3) is 0 Å². The zero-order valence-corrected chi connectivity index (χ0v) is 7.86. The van der Waals surface area contributed by atoms with Crippen LogP contribution in [0.2, 0.25) is 0 Å². The molecule has 0 atom stereocenters. The highest BCUT2D eigenvalue weighted by molar-refractivity contribution is 5.52. The van der Waals surface area contributed by atoms with Gasteiger partial charge >= 0.3 is 0 Å². The van der Waals surface area contributed by atoms with Gasteiger partial charge in [-0.2, -0.15) is 0 Å². The van der Waals surface area contributed by atoms with Gasteiger partial charge in [0, 0.05) is 32.4 Å². The van der Waals surface area contributed by atoms with Gasteiger partial charge in [-0.25, -0.2) is 0 Å². The molecule has 1 saturated heterocycles. The van der Waals surface area contributed by atoms with Crippen LogP contribution in [0.1, 0.15) is 6.92 Å². The van der Waals surface area contributed by atoms with Crippen LogP contribution >= 0.6 is 0 Å². The molecule has 0 aromatic heterocycles. The summed E-state index contributed by atoms with van der Waals surface area (Å²) < 4.78 is 0. The fraction of sp³-hybridized carbons (Fsp3) is 0.875. The van der Waals surface area contributed by atoms with Crippen LogP contribution in [0.3, 0.4) is 0 Å². The Morgan fingerprint density at radius 1 is 1.33 bits per heavy atom. The first-order valence-electron chi connectivity index (χ1n) is 4.34. The summed E-state index contributed by atoms with van der Waals surface area (Å²) in [6, 6.07) is 0. The number of nitrogens with zero attached hydrogens (tertiary/aromatic N) is 3. The molecule has 0 aromatic rings. The lowest BCUT2D eigenvalue weighted by Crippen LogP contribution is -2.44. The number of likely N-dealkylation sites (N-methyl/N-ethyl adjacent to an activating group) is 1. The number of hydrogen-bond acceptors (Lipinski definition) is 4. The molecule has 4 nitrogen and oxygen atoms in total. The van der Waals surface area contributed by atoms with E-state index in [4.69, 9.17) is 4.84 Å². The van der Waals surface area contributed by atoms with E-state index in [9.17, 15) is 0 Å². The number of rotatable bonds is 3. The highest BCUT2D eigenvalue weighted by Gasteiger charge is 2.12. The van der Waals surface area contributed by atoms with Gasteiger partial charge in [0.05, 0.1) is 0 Å². The minimum atomic E-state index is 0.623. The average Bonchev–Trinajstić information content (AvgIpc) is 2.09. The SMILES string of the molecule is C/C=N/OCN1CCN(C)CC1. The van der Waals surface area contributed by atoms with Gasteiger partial charge < -0.3 is 9.74 Å². The smallest absolute Gasteiger partial charge is 0.170 e. The van der Waals surface area contributed by atoms with Gasteiger partial charge in [0.15, 0.2) is 6.73 Å². The summed E-state index contributed by atoms with van der Waals surface area (Å²) in [7, 11) is 2.14. The molecule has 1 fully saturated rings. The molecule has 0 amide bonds. The highest BCUT2D eigenvalue weighted by atomic mass is 16.6. The van der Waals surface area contributed by atoms with Crippen LogP contribution in [0.25, 0.3) is 0 Å². The molecule has 0 spiro atoms. The van der Waals surface area contributed by atoms with E-state index in [1.54, 1.807) is 6.21 Å². The van der Waals surface area contributed by atoms with Crippen molar-refractivity contribution in [2.45, 2.75) is 6.92 Å². The van der Waals surface area contributed by atoms with Crippen molar-refractivity contribution in [3.8, 4) is 0 Å². The predicted molar refractivity (Wildman–Crippen MR) is 49.2 cm³/mol. The summed E-state index contributed by atoms with van der Waals surface area (Å²) in [4.78, 5) is 9.61. The van der Waals surface area contributed by atoms with Crippen LogP contribution in [0.5, 0.6) is 0 Å². The second kappa shape index (κ2) is 5.11. The number of oxime groups is 1. The Kier molecular flexibility index (Phi) is 4.04. The summed E-state index contributed by atoms with van der Waals surface area (Å²) in [6.07, 6.45) is 1.66. The van der Waals surface area contributed by atoms with Crippen LogP contribution in [0.4, 0.5) is 0 Å². The molecule has 1 rings (SSSR count). The van der Waals surface area contributed by atoms with E-state index >= 15 is 0 Å². The summed E-state index contributed by atoms with van der Waals surface area (Å²) in [5, 5.41) is 3.70. The van der Waals surface area contributed by atoms with Crippen LogP contribution < -0.4 is 0 Å². The standard InChI is InChI=1S/C8H17N3O/c1-3-9-12-8-11-6-4-10(2)5-7-11/h3H,4-8H2,1-2H3/b9-3+. The average molecular weight is 171 g/mol. The predicted octanol–water partition coefficient (Wildman–Crippen LogP) is 0.214. The molecule has 1 aliphatic heterocycles. The maximum atomic E-state index is 5.03. The van der Waals surface area contributed by atoms with Crippen molar-refractivity contribution in [1.82, 2.24) is 9.80 Å². The molecular formula is C8H17N3O. The molecule has 0 N–H and O–H groups in total. The van der Waals surface area contributed by atoms with Crippen molar-refractivity contribution in [1.29, 1.82) is 0 Å². The Labute approximate surface area is 73.8 Å². The van der Waals surface area contributed by atoms with Gasteiger partial charge in [-0.3, -0.25) is 4.90 Å². The van der Waals surface area contributed by atoms with E-state index in [0.29, 0.717) is 6.73 Å². The molecule has 1 aliphatic rings. The van der Waals surface area contributed by atoms with Crippen LogP contribution in [-0.4, -0.2) is 56.0 Å². The maximum Gasteiger partial charge on any atom is 0.170 e. The van der Waals surface area contributed by atoms with E-state index in [1.165, 1.54) is 0 Å². The van der Waals surface area contributed by atoms with Gasteiger partial charge in [0.1, 0.15) is 0 Å². The number of hydrogen-bond donors (Lipinski definition) is 0. The summed E-state index contributed by atoms with van der Waals surface area (Å²) in [5.41, 5.74) is 0. The summed E-state index contributed by atoms with van der Waals surface area (Å²) >= 11 is 0. The van der Waals surface area contributed by atoms with Crippen molar-refractivity contribution in [3.63, 3.8) is 0 Å². The summed E-state index contributed by atoms with van der Waals surface area (Å²) in [6.45, 7) is 6.88. The highest BCUT2D eigenvalue weighted by Crippen LogP contribution is 1.98. The zero-order chi connectivity index (χ0) is 8.81. The first-order valence-corrected chi connectivity index (χ1v) is 4.34. The molecular weight excluding hydrogens is 154 g/mol. The molecule has 1 heterocycles. The third-order valence-corrected chi connectivity index (χ3v) is 2.02.